The first-order chi connectivity index (χ1) is 10.1. The Kier molecular flexibility index (Phi) is 4.81. The molecule has 1 amide bonds. The number of non-ortho nitro benzene ring substituents is 1. The Morgan fingerprint density at radius 1 is 1.48 bits per heavy atom. The second-order valence-corrected chi connectivity index (χ2v) is 4.30. The predicted molar refractivity (Wildman–Crippen MR) is 77.4 cm³/mol. The molecular formula is C14H14N4O3. The van der Waals surface area contributed by atoms with Crippen molar-refractivity contribution in [2.24, 2.45) is 0 Å². The normalized spacial score (nSPS) is 10.7. The minimum absolute atomic E-state index is 0.00296. The van der Waals surface area contributed by atoms with Gasteiger partial charge in [-0.2, -0.15) is 0 Å². The van der Waals surface area contributed by atoms with Crippen LogP contribution in [-0.2, 0) is 11.2 Å². The molecule has 0 radical (unpaired) electrons. The number of imidazole rings is 1. The van der Waals surface area contributed by atoms with Gasteiger partial charge in [0, 0.05) is 43.1 Å². The molecule has 1 aromatic heterocycles. The van der Waals surface area contributed by atoms with E-state index in [0.717, 1.165) is 5.69 Å². The molecule has 0 unspecified atom stereocenters. The summed E-state index contributed by atoms with van der Waals surface area (Å²) >= 11 is 0. The van der Waals surface area contributed by atoms with Crippen LogP contribution in [0.25, 0.3) is 6.08 Å². The first-order valence-corrected chi connectivity index (χ1v) is 6.33. The zero-order valence-electron chi connectivity index (χ0n) is 11.2. The van der Waals surface area contributed by atoms with Crippen molar-refractivity contribution >= 4 is 17.7 Å². The highest BCUT2D eigenvalue weighted by molar-refractivity contribution is 5.91. The fourth-order valence-electron chi connectivity index (χ4n) is 1.71. The van der Waals surface area contributed by atoms with E-state index < -0.39 is 4.92 Å². The summed E-state index contributed by atoms with van der Waals surface area (Å²) in [6.07, 6.45) is 6.84. The van der Waals surface area contributed by atoms with Gasteiger partial charge in [-0.15, -0.1) is 0 Å². The number of aromatic amines is 1. The van der Waals surface area contributed by atoms with Gasteiger partial charge in [0.25, 0.3) is 5.69 Å². The Hall–Kier alpha value is -2.96. The minimum atomic E-state index is -0.470. The molecule has 1 heterocycles. The SMILES string of the molecule is O=C(C=Cc1cccc([N+](=O)[O-])c1)NCCc1cnc[nH]1. The topological polar surface area (TPSA) is 101 Å². The van der Waals surface area contributed by atoms with E-state index in [2.05, 4.69) is 15.3 Å². The Morgan fingerprint density at radius 2 is 2.33 bits per heavy atom. The van der Waals surface area contributed by atoms with Crippen LogP contribution in [0.15, 0.2) is 42.9 Å². The van der Waals surface area contributed by atoms with Crippen LogP contribution in [-0.4, -0.2) is 27.3 Å². The van der Waals surface area contributed by atoms with E-state index >= 15 is 0 Å². The molecule has 0 saturated heterocycles. The second kappa shape index (κ2) is 6.99. The largest absolute Gasteiger partial charge is 0.352 e. The van der Waals surface area contributed by atoms with Crippen molar-refractivity contribution in [3.05, 3.63) is 64.2 Å². The van der Waals surface area contributed by atoms with Crippen molar-refractivity contribution < 1.29 is 9.72 Å². The summed E-state index contributed by atoms with van der Waals surface area (Å²) in [5.74, 6) is -0.249. The van der Waals surface area contributed by atoms with Crippen molar-refractivity contribution in [3.63, 3.8) is 0 Å². The van der Waals surface area contributed by atoms with Crippen LogP contribution in [0.4, 0.5) is 5.69 Å². The molecule has 2 N–H and O–H groups in total. The first-order valence-electron chi connectivity index (χ1n) is 6.33. The number of nitro benzene ring substituents is 1. The third kappa shape index (κ3) is 4.57. The van der Waals surface area contributed by atoms with Crippen molar-refractivity contribution in [1.29, 1.82) is 0 Å². The molecular weight excluding hydrogens is 272 g/mol. The van der Waals surface area contributed by atoms with Gasteiger partial charge in [-0.25, -0.2) is 4.98 Å². The van der Waals surface area contributed by atoms with Crippen LogP contribution in [0.1, 0.15) is 11.3 Å². The summed E-state index contributed by atoms with van der Waals surface area (Å²) in [6.45, 7) is 0.486. The molecule has 7 nitrogen and oxygen atoms in total. The number of hydrogen-bond acceptors (Lipinski definition) is 4. The van der Waals surface area contributed by atoms with E-state index in [0.29, 0.717) is 18.5 Å². The lowest BCUT2D eigenvalue weighted by atomic mass is 10.2. The number of nitrogens with one attached hydrogen (secondary N) is 2. The maximum Gasteiger partial charge on any atom is 0.270 e. The predicted octanol–water partition coefficient (Wildman–Crippen LogP) is 1.69. The van der Waals surface area contributed by atoms with Crippen molar-refractivity contribution in [2.75, 3.05) is 6.54 Å². The van der Waals surface area contributed by atoms with Crippen LogP contribution >= 0.6 is 0 Å². The van der Waals surface area contributed by atoms with Crippen LogP contribution in [0.3, 0.4) is 0 Å². The Balaban J connectivity index is 1.84. The number of nitrogens with zero attached hydrogens (tertiary/aromatic N) is 2. The zero-order valence-corrected chi connectivity index (χ0v) is 11.2. The quantitative estimate of drug-likeness (QED) is 0.479. The van der Waals surface area contributed by atoms with Crippen molar-refractivity contribution in [3.8, 4) is 0 Å². The summed E-state index contributed by atoms with van der Waals surface area (Å²) in [5, 5.41) is 13.4. The number of amides is 1. The fraction of sp³-hybridized carbons (Fsp3) is 0.143. The summed E-state index contributed by atoms with van der Waals surface area (Å²) in [5.41, 5.74) is 1.54. The van der Waals surface area contributed by atoms with E-state index in [1.807, 2.05) is 0 Å². The van der Waals surface area contributed by atoms with Crippen molar-refractivity contribution in [2.45, 2.75) is 6.42 Å². The number of hydrogen-bond donors (Lipinski definition) is 2. The smallest absolute Gasteiger partial charge is 0.270 e. The maximum atomic E-state index is 11.6. The van der Waals surface area contributed by atoms with Gasteiger partial charge in [0.15, 0.2) is 0 Å². The lowest BCUT2D eigenvalue weighted by Crippen LogP contribution is -2.23. The number of benzene rings is 1. The number of H-pyrrole nitrogens is 1. The Labute approximate surface area is 120 Å². The lowest BCUT2D eigenvalue weighted by molar-refractivity contribution is -0.384. The average Bonchev–Trinajstić information content (AvgIpc) is 2.99. The summed E-state index contributed by atoms with van der Waals surface area (Å²) in [7, 11) is 0. The molecule has 0 aliphatic heterocycles. The monoisotopic (exact) mass is 286 g/mol. The number of aromatic nitrogens is 2. The highest BCUT2D eigenvalue weighted by Gasteiger charge is 2.04. The summed E-state index contributed by atoms with van der Waals surface area (Å²) in [6, 6.07) is 6.09. The van der Waals surface area contributed by atoms with E-state index in [9.17, 15) is 14.9 Å². The van der Waals surface area contributed by atoms with Crippen molar-refractivity contribution in [1.82, 2.24) is 15.3 Å². The van der Waals surface area contributed by atoms with Crippen LogP contribution < -0.4 is 5.32 Å². The Bertz CT molecular complexity index is 650. The van der Waals surface area contributed by atoms with Gasteiger partial charge in [-0.3, -0.25) is 14.9 Å². The van der Waals surface area contributed by atoms with E-state index in [1.54, 1.807) is 30.7 Å². The van der Waals surface area contributed by atoms with Gasteiger partial charge in [0.05, 0.1) is 11.3 Å². The fourth-order valence-corrected chi connectivity index (χ4v) is 1.71. The van der Waals surface area contributed by atoms with Gasteiger partial charge >= 0.3 is 0 Å². The standard InChI is InChI=1S/C14H14N4O3/c19-14(16-7-6-12-9-15-10-17-12)5-4-11-2-1-3-13(8-11)18(20)21/h1-5,8-10H,6-7H2,(H,15,17)(H,16,19). The Morgan fingerprint density at radius 3 is 3.05 bits per heavy atom. The molecule has 0 saturated carbocycles. The van der Waals surface area contributed by atoms with E-state index in [1.165, 1.54) is 18.2 Å². The zero-order chi connectivity index (χ0) is 15.1. The van der Waals surface area contributed by atoms with Crippen LogP contribution in [0, 0.1) is 10.1 Å². The molecule has 108 valence electrons. The number of carbonyl (C=O) groups excluding carboxylic acids is 1. The van der Waals surface area contributed by atoms with Gasteiger partial charge in [-0.05, 0) is 11.6 Å². The molecule has 7 heteroatoms. The summed E-state index contributed by atoms with van der Waals surface area (Å²) in [4.78, 5) is 28.6. The molecule has 0 bridgehead atoms. The molecule has 2 aromatic rings. The molecule has 0 aliphatic rings. The summed E-state index contributed by atoms with van der Waals surface area (Å²) < 4.78 is 0. The number of rotatable bonds is 6. The third-order valence-electron chi connectivity index (χ3n) is 2.76. The van der Waals surface area contributed by atoms with Gasteiger partial charge in [0.1, 0.15) is 0 Å². The van der Waals surface area contributed by atoms with Gasteiger partial charge in [0.2, 0.25) is 5.91 Å². The highest BCUT2D eigenvalue weighted by Crippen LogP contribution is 2.13. The molecule has 0 atom stereocenters. The van der Waals surface area contributed by atoms with Crippen LogP contribution in [0.5, 0.6) is 0 Å². The van der Waals surface area contributed by atoms with Crippen LogP contribution in [0.2, 0.25) is 0 Å². The average molecular weight is 286 g/mol. The molecule has 1 aromatic carbocycles. The molecule has 0 fully saturated rings. The molecule has 0 aliphatic carbocycles. The number of nitro groups is 1. The molecule has 21 heavy (non-hydrogen) atoms. The minimum Gasteiger partial charge on any atom is -0.352 e. The van der Waals surface area contributed by atoms with E-state index in [4.69, 9.17) is 0 Å². The van der Waals surface area contributed by atoms with Gasteiger partial charge < -0.3 is 10.3 Å². The van der Waals surface area contributed by atoms with Gasteiger partial charge in [-0.1, -0.05) is 12.1 Å². The number of carbonyl (C=O) groups is 1. The highest BCUT2D eigenvalue weighted by atomic mass is 16.6. The first kappa shape index (κ1) is 14.4. The third-order valence-corrected chi connectivity index (χ3v) is 2.76. The second-order valence-electron chi connectivity index (χ2n) is 4.30. The molecule has 2 rings (SSSR count). The molecule has 0 spiro atoms. The van der Waals surface area contributed by atoms with E-state index in [-0.39, 0.29) is 11.6 Å². The maximum absolute atomic E-state index is 11.6. The lowest BCUT2D eigenvalue weighted by Gasteiger charge is -2.00.